The molecule has 0 fully saturated rings. The van der Waals surface area contributed by atoms with Crippen LogP contribution in [-0.4, -0.2) is 25.0 Å². The van der Waals surface area contributed by atoms with Crippen molar-refractivity contribution in [1.82, 2.24) is 5.32 Å². The minimum absolute atomic E-state index is 0.00884. The predicted octanol–water partition coefficient (Wildman–Crippen LogP) is 2.04. The van der Waals surface area contributed by atoms with Crippen LogP contribution in [-0.2, 0) is 16.1 Å². The van der Waals surface area contributed by atoms with Crippen LogP contribution < -0.4 is 15.0 Å². The SMILES string of the molecule is Cc1ccc2c(c1)OCC(=O)N2CC(=O)NCc1ccccc1. The second-order valence-electron chi connectivity index (χ2n) is 5.50. The Labute approximate surface area is 134 Å². The van der Waals surface area contributed by atoms with Crippen LogP contribution in [0.3, 0.4) is 0 Å². The summed E-state index contributed by atoms with van der Waals surface area (Å²) < 4.78 is 5.43. The van der Waals surface area contributed by atoms with Gasteiger partial charge in [0.05, 0.1) is 5.69 Å². The first kappa shape index (κ1) is 15.1. The van der Waals surface area contributed by atoms with Gasteiger partial charge in [-0.15, -0.1) is 0 Å². The average Bonchev–Trinajstić information content (AvgIpc) is 2.56. The standard InChI is InChI=1S/C18H18N2O3/c1-13-7-8-15-16(9-13)23-12-18(22)20(15)11-17(21)19-10-14-5-3-2-4-6-14/h2-9H,10-12H2,1H3,(H,19,21). The van der Waals surface area contributed by atoms with Crippen LogP contribution in [0.25, 0.3) is 0 Å². The summed E-state index contributed by atoms with van der Waals surface area (Å²) in [5, 5.41) is 2.84. The molecular formula is C18H18N2O3. The molecule has 0 saturated heterocycles. The Bertz CT molecular complexity index is 728. The van der Waals surface area contributed by atoms with Crippen LogP contribution in [0.2, 0.25) is 0 Å². The van der Waals surface area contributed by atoms with E-state index >= 15 is 0 Å². The summed E-state index contributed by atoms with van der Waals surface area (Å²) in [5.74, 6) is 0.229. The predicted molar refractivity (Wildman–Crippen MR) is 87.3 cm³/mol. The molecule has 1 aliphatic heterocycles. The van der Waals surface area contributed by atoms with E-state index in [9.17, 15) is 9.59 Å². The molecule has 0 unspecified atom stereocenters. The maximum absolute atomic E-state index is 12.2. The molecule has 2 aromatic rings. The van der Waals surface area contributed by atoms with Crippen molar-refractivity contribution in [3.63, 3.8) is 0 Å². The highest BCUT2D eigenvalue weighted by Gasteiger charge is 2.27. The highest BCUT2D eigenvalue weighted by Crippen LogP contribution is 2.32. The van der Waals surface area contributed by atoms with Gasteiger partial charge in [0.1, 0.15) is 12.3 Å². The highest BCUT2D eigenvalue weighted by molar-refractivity contribution is 6.02. The molecule has 23 heavy (non-hydrogen) atoms. The number of ether oxygens (including phenoxy) is 1. The fourth-order valence-corrected chi connectivity index (χ4v) is 2.48. The third-order valence-electron chi connectivity index (χ3n) is 3.69. The minimum Gasteiger partial charge on any atom is -0.482 e. The van der Waals surface area contributed by atoms with Gasteiger partial charge in [-0.05, 0) is 30.2 Å². The molecule has 118 valence electrons. The van der Waals surface area contributed by atoms with Gasteiger partial charge in [0.15, 0.2) is 6.61 Å². The topological polar surface area (TPSA) is 58.6 Å². The van der Waals surface area contributed by atoms with Gasteiger partial charge in [0.2, 0.25) is 5.91 Å². The van der Waals surface area contributed by atoms with Gasteiger partial charge in [-0.25, -0.2) is 0 Å². The maximum Gasteiger partial charge on any atom is 0.265 e. The number of nitrogens with one attached hydrogen (secondary N) is 1. The smallest absolute Gasteiger partial charge is 0.265 e. The molecule has 1 N–H and O–H groups in total. The van der Waals surface area contributed by atoms with E-state index in [0.29, 0.717) is 18.0 Å². The van der Waals surface area contributed by atoms with Crippen molar-refractivity contribution < 1.29 is 14.3 Å². The number of amides is 2. The Morgan fingerprint density at radius 3 is 2.78 bits per heavy atom. The molecule has 0 aromatic heterocycles. The molecule has 0 spiro atoms. The Morgan fingerprint density at radius 2 is 2.00 bits per heavy atom. The largest absolute Gasteiger partial charge is 0.482 e. The lowest BCUT2D eigenvalue weighted by atomic mass is 10.1. The Kier molecular flexibility index (Phi) is 4.28. The summed E-state index contributed by atoms with van der Waals surface area (Å²) in [7, 11) is 0. The Balaban J connectivity index is 1.67. The van der Waals surface area contributed by atoms with Crippen molar-refractivity contribution in [2.45, 2.75) is 13.5 Å². The van der Waals surface area contributed by atoms with E-state index in [1.165, 1.54) is 4.90 Å². The van der Waals surface area contributed by atoms with Gasteiger partial charge < -0.3 is 10.1 Å². The second kappa shape index (κ2) is 6.52. The second-order valence-corrected chi connectivity index (χ2v) is 5.50. The van der Waals surface area contributed by atoms with Crippen molar-refractivity contribution in [1.29, 1.82) is 0 Å². The number of hydrogen-bond acceptors (Lipinski definition) is 3. The van der Waals surface area contributed by atoms with Gasteiger partial charge in [0.25, 0.3) is 5.91 Å². The molecule has 3 rings (SSSR count). The average molecular weight is 310 g/mol. The zero-order chi connectivity index (χ0) is 16.2. The fraction of sp³-hybridized carbons (Fsp3) is 0.222. The first-order valence-corrected chi connectivity index (χ1v) is 7.48. The quantitative estimate of drug-likeness (QED) is 0.940. The molecule has 2 aromatic carbocycles. The summed E-state index contributed by atoms with van der Waals surface area (Å²) >= 11 is 0. The van der Waals surface area contributed by atoms with E-state index in [1.807, 2.05) is 55.5 Å². The number of fused-ring (bicyclic) bond motifs is 1. The summed E-state index contributed by atoms with van der Waals surface area (Å²) in [6, 6.07) is 15.2. The third-order valence-corrected chi connectivity index (χ3v) is 3.69. The number of carbonyl (C=O) groups excluding carboxylic acids is 2. The lowest BCUT2D eigenvalue weighted by Crippen LogP contribution is -2.45. The highest BCUT2D eigenvalue weighted by atomic mass is 16.5. The van der Waals surface area contributed by atoms with Crippen LogP contribution in [0.5, 0.6) is 5.75 Å². The number of rotatable bonds is 4. The van der Waals surface area contributed by atoms with Crippen molar-refractivity contribution in [2.75, 3.05) is 18.1 Å². The number of anilines is 1. The van der Waals surface area contributed by atoms with Crippen molar-refractivity contribution in [3.8, 4) is 5.75 Å². The van der Waals surface area contributed by atoms with E-state index < -0.39 is 0 Å². The number of carbonyl (C=O) groups is 2. The van der Waals surface area contributed by atoms with Gasteiger partial charge in [-0.1, -0.05) is 36.4 Å². The van der Waals surface area contributed by atoms with Crippen LogP contribution in [0.4, 0.5) is 5.69 Å². The van der Waals surface area contributed by atoms with Gasteiger partial charge in [-0.3, -0.25) is 14.5 Å². The zero-order valence-electron chi connectivity index (χ0n) is 12.9. The van der Waals surface area contributed by atoms with Gasteiger partial charge in [0, 0.05) is 6.54 Å². The van der Waals surface area contributed by atoms with Crippen molar-refractivity contribution >= 4 is 17.5 Å². The van der Waals surface area contributed by atoms with E-state index in [4.69, 9.17) is 4.74 Å². The molecule has 1 heterocycles. The van der Waals surface area contributed by atoms with Crippen molar-refractivity contribution in [2.24, 2.45) is 0 Å². The third kappa shape index (κ3) is 3.51. The lowest BCUT2D eigenvalue weighted by Gasteiger charge is -2.29. The van der Waals surface area contributed by atoms with E-state index in [2.05, 4.69) is 5.32 Å². The van der Waals surface area contributed by atoms with Crippen LogP contribution in [0.1, 0.15) is 11.1 Å². The molecular weight excluding hydrogens is 292 g/mol. The van der Waals surface area contributed by atoms with Gasteiger partial charge >= 0.3 is 0 Å². The first-order chi connectivity index (χ1) is 11.1. The molecule has 5 nitrogen and oxygen atoms in total. The summed E-state index contributed by atoms with van der Waals surface area (Å²) in [6.45, 7) is 2.35. The molecule has 1 aliphatic rings. The fourth-order valence-electron chi connectivity index (χ4n) is 2.48. The molecule has 0 aliphatic carbocycles. The molecule has 0 atom stereocenters. The molecule has 0 saturated carbocycles. The number of nitrogens with zero attached hydrogens (tertiary/aromatic N) is 1. The molecule has 0 radical (unpaired) electrons. The van der Waals surface area contributed by atoms with E-state index in [0.717, 1.165) is 11.1 Å². The molecule has 0 bridgehead atoms. The summed E-state index contributed by atoms with van der Waals surface area (Å²) in [5.41, 5.74) is 2.71. The minimum atomic E-state index is -0.212. The lowest BCUT2D eigenvalue weighted by molar-refractivity contribution is -0.125. The summed E-state index contributed by atoms with van der Waals surface area (Å²) in [6.07, 6.45) is 0. The molecule has 2 amide bonds. The monoisotopic (exact) mass is 310 g/mol. The van der Waals surface area contributed by atoms with E-state index in [-0.39, 0.29) is 25.0 Å². The Hall–Kier alpha value is -2.82. The normalized spacial score (nSPS) is 13.3. The number of benzene rings is 2. The number of hydrogen-bond donors (Lipinski definition) is 1. The molecule has 5 heteroatoms. The van der Waals surface area contributed by atoms with Crippen LogP contribution in [0.15, 0.2) is 48.5 Å². The van der Waals surface area contributed by atoms with Crippen LogP contribution >= 0.6 is 0 Å². The maximum atomic E-state index is 12.2. The van der Waals surface area contributed by atoms with Gasteiger partial charge in [-0.2, -0.15) is 0 Å². The first-order valence-electron chi connectivity index (χ1n) is 7.48. The van der Waals surface area contributed by atoms with Crippen molar-refractivity contribution in [3.05, 3.63) is 59.7 Å². The zero-order valence-corrected chi connectivity index (χ0v) is 12.9. The number of aryl methyl sites for hydroxylation is 1. The van der Waals surface area contributed by atoms with E-state index in [1.54, 1.807) is 0 Å². The Morgan fingerprint density at radius 1 is 1.22 bits per heavy atom. The summed E-state index contributed by atoms with van der Waals surface area (Å²) in [4.78, 5) is 25.7. The van der Waals surface area contributed by atoms with Crippen LogP contribution in [0, 0.1) is 6.92 Å².